The molecule has 0 amide bonds. The van der Waals surface area contributed by atoms with Gasteiger partial charge in [0.2, 0.25) is 0 Å². The predicted molar refractivity (Wildman–Crippen MR) is 135 cm³/mol. The van der Waals surface area contributed by atoms with Gasteiger partial charge >= 0.3 is 0 Å². The standard InChI is InChI=1S/C30H44O/c1-20(2)23-12-21(13-24(18-23)28(3,4)5)16-27(31)17-22-14-25(29(6,7)8)19-26(15-22)30(9,10)11/h12-15,18-20H,16-17H2,1-11H3. The molecule has 0 bridgehead atoms. The molecule has 0 unspecified atom stereocenters. The summed E-state index contributed by atoms with van der Waals surface area (Å²) in [6.45, 7) is 24.6. The van der Waals surface area contributed by atoms with Gasteiger partial charge in [-0.15, -0.1) is 0 Å². The quantitative estimate of drug-likeness (QED) is 0.478. The molecule has 1 heteroatoms. The second kappa shape index (κ2) is 8.93. The van der Waals surface area contributed by atoms with Crippen LogP contribution in [0.4, 0.5) is 0 Å². The van der Waals surface area contributed by atoms with Crippen molar-refractivity contribution >= 4 is 5.78 Å². The average molecular weight is 421 g/mol. The minimum Gasteiger partial charge on any atom is -0.299 e. The van der Waals surface area contributed by atoms with Gasteiger partial charge in [-0.3, -0.25) is 4.79 Å². The molecule has 0 aliphatic carbocycles. The van der Waals surface area contributed by atoms with E-state index in [0.29, 0.717) is 18.8 Å². The number of rotatable bonds is 5. The Kier molecular flexibility index (Phi) is 7.31. The molecule has 0 saturated heterocycles. The smallest absolute Gasteiger partial charge is 0.141 e. The van der Waals surface area contributed by atoms with Crippen LogP contribution >= 0.6 is 0 Å². The van der Waals surface area contributed by atoms with Crippen LogP contribution < -0.4 is 0 Å². The first-order valence-corrected chi connectivity index (χ1v) is 11.8. The van der Waals surface area contributed by atoms with Crippen molar-refractivity contribution in [3.05, 3.63) is 69.8 Å². The third-order valence-corrected chi connectivity index (χ3v) is 6.08. The molecule has 2 aromatic rings. The van der Waals surface area contributed by atoms with Crippen molar-refractivity contribution in [3.8, 4) is 0 Å². The minimum atomic E-state index is 0.0618. The molecule has 2 aromatic carbocycles. The lowest BCUT2D eigenvalue weighted by Gasteiger charge is -2.26. The van der Waals surface area contributed by atoms with E-state index >= 15 is 0 Å². The Bertz CT molecular complexity index is 892. The van der Waals surface area contributed by atoms with Crippen LogP contribution in [0.1, 0.15) is 115 Å². The fourth-order valence-corrected chi connectivity index (χ4v) is 3.76. The van der Waals surface area contributed by atoms with Gasteiger partial charge in [-0.1, -0.05) is 113 Å². The van der Waals surface area contributed by atoms with E-state index in [1.807, 2.05) is 0 Å². The molecular weight excluding hydrogens is 376 g/mol. The first kappa shape index (κ1) is 25.4. The molecule has 0 aliphatic heterocycles. The molecule has 0 aromatic heterocycles. The fraction of sp³-hybridized carbons (Fsp3) is 0.567. The normalized spacial score (nSPS) is 13.0. The number of carbonyl (C=O) groups is 1. The van der Waals surface area contributed by atoms with Gasteiger partial charge in [0, 0.05) is 12.8 Å². The average Bonchev–Trinajstić information content (AvgIpc) is 2.58. The SMILES string of the molecule is CC(C)c1cc(CC(=O)Cc2cc(C(C)(C)C)cc(C(C)(C)C)c2)cc(C(C)(C)C)c1. The number of benzene rings is 2. The summed E-state index contributed by atoms with van der Waals surface area (Å²) in [4.78, 5) is 13.1. The zero-order valence-electron chi connectivity index (χ0n) is 21.9. The summed E-state index contributed by atoms with van der Waals surface area (Å²) in [5.41, 5.74) is 7.72. The van der Waals surface area contributed by atoms with Gasteiger partial charge in [0.05, 0.1) is 0 Å². The Morgan fingerprint density at radius 1 is 0.613 bits per heavy atom. The third-order valence-electron chi connectivity index (χ3n) is 6.08. The molecule has 1 nitrogen and oxygen atoms in total. The topological polar surface area (TPSA) is 17.1 Å². The molecule has 0 heterocycles. The lowest BCUT2D eigenvalue weighted by molar-refractivity contribution is -0.117. The van der Waals surface area contributed by atoms with E-state index in [9.17, 15) is 4.79 Å². The molecule has 0 fully saturated rings. The predicted octanol–water partition coefficient (Wildman–Crippen LogP) is 8.06. The summed E-state index contributed by atoms with van der Waals surface area (Å²) < 4.78 is 0. The lowest BCUT2D eigenvalue weighted by Crippen LogP contribution is -2.18. The Morgan fingerprint density at radius 3 is 1.32 bits per heavy atom. The van der Waals surface area contributed by atoms with E-state index < -0.39 is 0 Å². The van der Waals surface area contributed by atoms with Gasteiger partial charge in [-0.05, 0) is 55.5 Å². The van der Waals surface area contributed by atoms with Crippen molar-refractivity contribution in [3.63, 3.8) is 0 Å². The van der Waals surface area contributed by atoms with Crippen LogP contribution in [-0.4, -0.2) is 5.78 Å². The number of hydrogen-bond acceptors (Lipinski definition) is 1. The van der Waals surface area contributed by atoms with Gasteiger partial charge in [-0.2, -0.15) is 0 Å². The molecule has 0 atom stereocenters. The monoisotopic (exact) mass is 420 g/mol. The van der Waals surface area contributed by atoms with Crippen molar-refractivity contribution in [1.29, 1.82) is 0 Å². The van der Waals surface area contributed by atoms with Crippen LogP contribution in [0, 0.1) is 0 Å². The summed E-state index contributed by atoms with van der Waals surface area (Å²) in [7, 11) is 0. The summed E-state index contributed by atoms with van der Waals surface area (Å²) in [6, 6.07) is 13.5. The van der Waals surface area contributed by atoms with Crippen LogP contribution in [0.15, 0.2) is 36.4 Å². The van der Waals surface area contributed by atoms with Crippen molar-refractivity contribution in [1.82, 2.24) is 0 Å². The Hall–Kier alpha value is -1.89. The summed E-state index contributed by atoms with van der Waals surface area (Å²) in [5.74, 6) is 0.737. The largest absolute Gasteiger partial charge is 0.299 e. The molecule has 0 aliphatic rings. The second-order valence-corrected chi connectivity index (χ2v) is 12.7. The molecule has 0 saturated carbocycles. The van der Waals surface area contributed by atoms with Crippen LogP contribution in [0.2, 0.25) is 0 Å². The van der Waals surface area contributed by atoms with Gasteiger partial charge in [0.1, 0.15) is 5.78 Å². The number of hydrogen-bond donors (Lipinski definition) is 0. The molecule has 0 spiro atoms. The minimum absolute atomic E-state index is 0.0618. The molecule has 170 valence electrons. The maximum Gasteiger partial charge on any atom is 0.141 e. The first-order valence-electron chi connectivity index (χ1n) is 11.8. The van der Waals surface area contributed by atoms with Gasteiger partial charge in [0.25, 0.3) is 0 Å². The summed E-state index contributed by atoms with van der Waals surface area (Å²) >= 11 is 0. The van der Waals surface area contributed by atoms with Crippen LogP contribution in [0.3, 0.4) is 0 Å². The molecule has 0 N–H and O–H groups in total. The molecule has 31 heavy (non-hydrogen) atoms. The van der Waals surface area contributed by atoms with Crippen LogP contribution in [0.5, 0.6) is 0 Å². The van der Waals surface area contributed by atoms with Crippen molar-refractivity contribution in [2.24, 2.45) is 0 Å². The fourth-order valence-electron chi connectivity index (χ4n) is 3.76. The van der Waals surface area contributed by atoms with Crippen molar-refractivity contribution in [2.75, 3.05) is 0 Å². The number of carbonyl (C=O) groups excluding carboxylic acids is 1. The van der Waals surface area contributed by atoms with Crippen molar-refractivity contribution in [2.45, 2.75) is 111 Å². The zero-order valence-corrected chi connectivity index (χ0v) is 21.9. The van der Waals surface area contributed by atoms with Gasteiger partial charge < -0.3 is 0 Å². The highest BCUT2D eigenvalue weighted by Crippen LogP contribution is 2.31. The Balaban J connectivity index is 2.35. The molecular formula is C30H44O. The van der Waals surface area contributed by atoms with E-state index in [0.717, 1.165) is 11.1 Å². The van der Waals surface area contributed by atoms with E-state index in [-0.39, 0.29) is 22.0 Å². The second-order valence-electron chi connectivity index (χ2n) is 12.7. The lowest BCUT2D eigenvalue weighted by atomic mass is 9.79. The van der Waals surface area contributed by atoms with Crippen LogP contribution in [0.25, 0.3) is 0 Å². The summed E-state index contributed by atoms with van der Waals surface area (Å²) in [5, 5.41) is 0. The van der Waals surface area contributed by atoms with Gasteiger partial charge in [0.15, 0.2) is 0 Å². The number of Topliss-reactive ketones (excluding diaryl/α,β-unsaturated/α-hetero) is 1. The van der Waals surface area contributed by atoms with E-state index in [2.05, 4.69) is 113 Å². The van der Waals surface area contributed by atoms with E-state index in [1.165, 1.54) is 22.3 Å². The maximum atomic E-state index is 13.1. The van der Waals surface area contributed by atoms with E-state index in [4.69, 9.17) is 0 Å². The van der Waals surface area contributed by atoms with E-state index in [1.54, 1.807) is 0 Å². The highest BCUT2D eigenvalue weighted by Gasteiger charge is 2.22. The zero-order chi connectivity index (χ0) is 23.8. The first-order chi connectivity index (χ1) is 14.0. The Labute approximate surface area is 191 Å². The highest BCUT2D eigenvalue weighted by molar-refractivity contribution is 5.83. The van der Waals surface area contributed by atoms with Gasteiger partial charge in [-0.25, -0.2) is 0 Å². The highest BCUT2D eigenvalue weighted by atomic mass is 16.1. The van der Waals surface area contributed by atoms with Crippen LogP contribution in [-0.2, 0) is 33.9 Å². The third kappa shape index (κ3) is 7.06. The number of ketones is 1. The molecule has 0 radical (unpaired) electrons. The van der Waals surface area contributed by atoms with Crippen molar-refractivity contribution < 1.29 is 4.79 Å². The Morgan fingerprint density at radius 2 is 0.968 bits per heavy atom. The maximum absolute atomic E-state index is 13.1. The summed E-state index contributed by atoms with van der Waals surface area (Å²) in [6.07, 6.45) is 0.984. The molecule has 2 rings (SSSR count).